The fourth-order valence-corrected chi connectivity index (χ4v) is 2.01. The second-order valence-electron chi connectivity index (χ2n) is 4.53. The van der Waals surface area contributed by atoms with Crippen LogP contribution in [-0.4, -0.2) is 24.9 Å². The number of hydrogen-bond donors (Lipinski definition) is 1. The van der Waals surface area contributed by atoms with Crippen molar-refractivity contribution in [2.24, 2.45) is 0 Å². The average Bonchev–Trinajstić information content (AvgIpc) is 3.05. The molecular formula is C13H17FO3. The van der Waals surface area contributed by atoms with Gasteiger partial charge in [0.1, 0.15) is 6.67 Å². The maximum Gasteiger partial charge on any atom is 0.166 e. The van der Waals surface area contributed by atoms with E-state index in [2.05, 4.69) is 0 Å². The van der Waals surface area contributed by atoms with Gasteiger partial charge in [0.25, 0.3) is 0 Å². The molecule has 0 radical (unpaired) electrons. The van der Waals surface area contributed by atoms with Crippen LogP contribution in [0.25, 0.3) is 0 Å². The van der Waals surface area contributed by atoms with Crippen LogP contribution in [0, 0.1) is 0 Å². The Morgan fingerprint density at radius 2 is 2.00 bits per heavy atom. The molecule has 0 spiro atoms. The molecule has 17 heavy (non-hydrogen) atoms. The number of methoxy groups -OCH3 is 2. The molecule has 0 aromatic heterocycles. The zero-order valence-electron chi connectivity index (χ0n) is 10.1. The molecule has 1 aliphatic rings. The first-order chi connectivity index (χ1) is 8.11. The Morgan fingerprint density at radius 3 is 2.47 bits per heavy atom. The molecule has 2 rings (SSSR count). The van der Waals surface area contributed by atoms with Crippen molar-refractivity contribution in [3.8, 4) is 11.5 Å². The molecule has 0 bridgehead atoms. The van der Waals surface area contributed by atoms with Crippen molar-refractivity contribution >= 4 is 0 Å². The highest BCUT2D eigenvalue weighted by Gasteiger charge is 2.40. The summed E-state index contributed by atoms with van der Waals surface area (Å²) in [6.45, 7) is -0.605. The van der Waals surface area contributed by atoms with Crippen molar-refractivity contribution in [1.29, 1.82) is 0 Å². The van der Waals surface area contributed by atoms with Crippen molar-refractivity contribution in [3.63, 3.8) is 0 Å². The summed E-state index contributed by atoms with van der Waals surface area (Å²) in [4.78, 5) is 0. The van der Waals surface area contributed by atoms with E-state index in [4.69, 9.17) is 9.47 Å². The van der Waals surface area contributed by atoms with Crippen LogP contribution >= 0.6 is 0 Å². The molecule has 94 valence electrons. The SMILES string of the molecule is COc1cc(CC2(O)CC2)cc(CF)c1OC. The van der Waals surface area contributed by atoms with E-state index >= 15 is 0 Å². The number of alkyl halides is 1. The van der Waals surface area contributed by atoms with Gasteiger partial charge in [-0.25, -0.2) is 4.39 Å². The van der Waals surface area contributed by atoms with Gasteiger partial charge in [0.05, 0.1) is 19.8 Å². The summed E-state index contributed by atoms with van der Waals surface area (Å²) in [6, 6.07) is 3.53. The second-order valence-corrected chi connectivity index (χ2v) is 4.53. The van der Waals surface area contributed by atoms with Gasteiger partial charge >= 0.3 is 0 Å². The highest BCUT2D eigenvalue weighted by atomic mass is 19.1. The third kappa shape index (κ3) is 2.52. The van der Waals surface area contributed by atoms with E-state index < -0.39 is 12.3 Å². The predicted molar refractivity (Wildman–Crippen MR) is 62.2 cm³/mol. The number of ether oxygens (including phenoxy) is 2. The standard InChI is InChI=1S/C13H17FO3/c1-16-11-6-9(7-13(15)3-4-13)5-10(8-14)12(11)17-2/h5-6,15H,3-4,7-8H2,1-2H3. The van der Waals surface area contributed by atoms with Gasteiger partial charge in [0.2, 0.25) is 0 Å². The molecule has 1 saturated carbocycles. The minimum absolute atomic E-state index is 0.432. The molecule has 3 nitrogen and oxygen atoms in total. The maximum atomic E-state index is 12.9. The van der Waals surface area contributed by atoms with Crippen molar-refractivity contribution in [3.05, 3.63) is 23.3 Å². The van der Waals surface area contributed by atoms with Crippen LogP contribution in [0.4, 0.5) is 4.39 Å². The molecule has 0 atom stereocenters. The predicted octanol–water partition coefficient (Wildman–Crippen LogP) is 2.24. The Bertz CT molecular complexity index is 388. The van der Waals surface area contributed by atoms with Gasteiger partial charge in [-0.05, 0) is 30.5 Å². The molecule has 0 aliphatic heterocycles. The summed E-state index contributed by atoms with van der Waals surface area (Å²) in [7, 11) is 3.01. The van der Waals surface area contributed by atoms with Crippen LogP contribution in [0.15, 0.2) is 12.1 Å². The van der Waals surface area contributed by atoms with Crippen LogP contribution < -0.4 is 9.47 Å². The molecule has 0 saturated heterocycles. The Labute approximate surface area is 100 Å². The molecule has 1 aromatic carbocycles. The first-order valence-corrected chi connectivity index (χ1v) is 5.64. The second kappa shape index (κ2) is 4.53. The monoisotopic (exact) mass is 240 g/mol. The van der Waals surface area contributed by atoms with E-state index in [1.165, 1.54) is 14.2 Å². The lowest BCUT2D eigenvalue weighted by molar-refractivity contribution is 0.151. The minimum Gasteiger partial charge on any atom is -0.493 e. The van der Waals surface area contributed by atoms with Crippen LogP contribution in [0.2, 0.25) is 0 Å². The molecule has 4 heteroatoms. The van der Waals surface area contributed by atoms with Gasteiger partial charge in [-0.2, -0.15) is 0 Å². The van der Waals surface area contributed by atoms with Crippen molar-refractivity contribution in [2.45, 2.75) is 31.5 Å². The number of hydrogen-bond acceptors (Lipinski definition) is 3. The van der Waals surface area contributed by atoms with E-state index in [0.717, 1.165) is 18.4 Å². The number of halogens is 1. The zero-order valence-corrected chi connectivity index (χ0v) is 10.1. The van der Waals surface area contributed by atoms with Crippen LogP contribution in [0.1, 0.15) is 24.0 Å². The molecular weight excluding hydrogens is 223 g/mol. The normalized spacial score (nSPS) is 16.7. The average molecular weight is 240 g/mol. The summed E-state index contributed by atoms with van der Waals surface area (Å²) < 4.78 is 23.2. The van der Waals surface area contributed by atoms with E-state index in [1.807, 2.05) is 0 Å². The highest BCUT2D eigenvalue weighted by Crippen LogP contribution is 2.40. The summed E-state index contributed by atoms with van der Waals surface area (Å²) in [5.74, 6) is 0.948. The molecule has 1 fully saturated rings. The summed E-state index contributed by atoms with van der Waals surface area (Å²) in [6.07, 6.45) is 2.17. The van der Waals surface area contributed by atoms with Gasteiger partial charge in [0.15, 0.2) is 11.5 Å². The van der Waals surface area contributed by atoms with Crippen LogP contribution in [0.5, 0.6) is 11.5 Å². The van der Waals surface area contributed by atoms with E-state index in [-0.39, 0.29) is 0 Å². The van der Waals surface area contributed by atoms with E-state index in [0.29, 0.717) is 23.5 Å². The third-order valence-corrected chi connectivity index (χ3v) is 3.12. The fourth-order valence-electron chi connectivity index (χ4n) is 2.01. The summed E-state index contributed by atoms with van der Waals surface area (Å²) in [5.41, 5.74) is 0.758. The minimum atomic E-state index is -0.605. The van der Waals surface area contributed by atoms with Crippen LogP contribution in [0.3, 0.4) is 0 Å². The first-order valence-electron chi connectivity index (χ1n) is 5.64. The third-order valence-electron chi connectivity index (χ3n) is 3.12. The van der Waals surface area contributed by atoms with Gasteiger partial charge in [-0.3, -0.25) is 0 Å². The maximum absolute atomic E-state index is 12.9. The van der Waals surface area contributed by atoms with Gasteiger partial charge in [0, 0.05) is 12.0 Å². The molecule has 0 unspecified atom stereocenters. The van der Waals surface area contributed by atoms with Gasteiger partial charge in [-0.1, -0.05) is 0 Å². The van der Waals surface area contributed by atoms with Crippen LogP contribution in [-0.2, 0) is 13.1 Å². The fraction of sp³-hybridized carbons (Fsp3) is 0.538. The van der Waals surface area contributed by atoms with Crippen molar-refractivity contribution < 1.29 is 19.0 Å². The first kappa shape index (κ1) is 12.2. The number of benzene rings is 1. The number of rotatable bonds is 5. The highest BCUT2D eigenvalue weighted by molar-refractivity contribution is 5.49. The molecule has 0 amide bonds. The smallest absolute Gasteiger partial charge is 0.166 e. The number of aliphatic hydroxyl groups is 1. The summed E-state index contributed by atoms with van der Waals surface area (Å²) >= 11 is 0. The summed E-state index contributed by atoms with van der Waals surface area (Å²) in [5, 5.41) is 9.87. The Kier molecular flexibility index (Phi) is 3.24. The Balaban J connectivity index is 2.33. The molecule has 0 heterocycles. The van der Waals surface area contributed by atoms with Gasteiger partial charge in [-0.15, -0.1) is 0 Å². The van der Waals surface area contributed by atoms with Crippen molar-refractivity contribution in [1.82, 2.24) is 0 Å². The lowest BCUT2D eigenvalue weighted by Gasteiger charge is -2.15. The quantitative estimate of drug-likeness (QED) is 0.857. The lowest BCUT2D eigenvalue weighted by Crippen LogP contribution is -2.11. The molecule has 1 N–H and O–H groups in total. The van der Waals surface area contributed by atoms with Gasteiger partial charge < -0.3 is 14.6 Å². The zero-order chi connectivity index (χ0) is 12.5. The lowest BCUT2D eigenvalue weighted by atomic mass is 10.0. The Morgan fingerprint density at radius 1 is 1.29 bits per heavy atom. The molecule has 1 aliphatic carbocycles. The van der Waals surface area contributed by atoms with Crippen molar-refractivity contribution in [2.75, 3.05) is 14.2 Å². The van der Waals surface area contributed by atoms with E-state index in [9.17, 15) is 9.50 Å². The largest absolute Gasteiger partial charge is 0.493 e. The Hall–Kier alpha value is -1.29. The molecule has 1 aromatic rings. The topological polar surface area (TPSA) is 38.7 Å². The van der Waals surface area contributed by atoms with E-state index in [1.54, 1.807) is 12.1 Å².